The van der Waals surface area contributed by atoms with Crippen molar-refractivity contribution >= 4 is 11.7 Å². The number of nitrogens with two attached hydrogens (primary N) is 1. The molecule has 0 radical (unpaired) electrons. The van der Waals surface area contributed by atoms with Crippen LogP contribution < -0.4 is 10.5 Å². The van der Waals surface area contributed by atoms with Gasteiger partial charge in [-0.05, 0) is 42.0 Å². The minimum Gasteiger partial charge on any atom is -0.457 e. The number of pyridine rings is 1. The van der Waals surface area contributed by atoms with Crippen molar-refractivity contribution in [2.24, 2.45) is 0 Å². The zero-order valence-corrected chi connectivity index (χ0v) is 13.9. The molecule has 0 saturated carbocycles. The number of benzene rings is 2. The molecule has 5 heteroatoms. The zero-order valence-electron chi connectivity index (χ0n) is 13.9. The molecule has 5 nitrogen and oxygen atoms in total. The van der Waals surface area contributed by atoms with Gasteiger partial charge in [0.15, 0.2) is 0 Å². The molecule has 126 valence electrons. The zero-order chi connectivity index (χ0) is 17.6. The second-order valence-corrected chi connectivity index (χ2v) is 5.69. The Labute approximate surface area is 146 Å². The lowest BCUT2D eigenvalue weighted by Gasteiger charge is -2.17. The first-order chi connectivity index (χ1) is 12.1. The van der Waals surface area contributed by atoms with E-state index in [-0.39, 0.29) is 5.91 Å². The second kappa shape index (κ2) is 7.49. The molecule has 0 saturated heterocycles. The molecule has 0 unspecified atom stereocenters. The quantitative estimate of drug-likeness (QED) is 0.772. The van der Waals surface area contributed by atoms with E-state index >= 15 is 0 Å². The van der Waals surface area contributed by atoms with Gasteiger partial charge in [0, 0.05) is 25.4 Å². The maximum Gasteiger partial charge on any atom is 0.254 e. The monoisotopic (exact) mass is 333 g/mol. The van der Waals surface area contributed by atoms with Gasteiger partial charge in [-0.25, -0.2) is 4.98 Å². The number of aromatic nitrogens is 1. The summed E-state index contributed by atoms with van der Waals surface area (Å²) >= 11 is 0. The topological polar surface area (TPSA) is 68.5 Å². The van der Waals surface area contributed by atoms with E-state index in [4.69, 9.17) is 10.5 Å². The molecule has 3 aromatic rings. The van der Waals surface area contributed by atoms with Gasteiger partial charge in [0.2, 0.25) is 0 Å². The molecule has 0 bridgehead atoms. The third-order valence-corrected chi connectivity index (χ3v) is 3.70. The van der Waals surface area contributed by atoms with Crippen LogP contribution in [0.3, 0.4) is 0 Å². The maximum atomic E-state index is 12.4. The third kappa shape index (κ3) is 4.35. The van der Waals surface area contributed by atoms with Crippen molar-refractivity contribution in [3.05, 3.63) is 84.1 Å². The summed E-state index contributed by atoms with van der Waals surface area (Å²) in [5, 5.41) is 0. The van der Waals surface area contributed by atoms with Crippen LogP contribution in [-0.4, -0.2) is 22.8 Å². The Morgan fingerprint density at radius 2 is 1.72 bits per heavy atom. The van der Waals surface area contributed by atoms with Crippen molar-refractivity contribution < 1.29 is 9.53 Å². The molecular weight excluding hydrogens is 314 g/mol. The highest BCUT2D eigenvalue weighted by Gasteiger charge is 2.12. The van der Waals surface area contributed by atoms with Crippen molar-refractivity contribution in [3.8, 4) is 11.5 Å². The summed E-state index contributed by atoms with van der Waals surface area (Å²) in [5.41, 5.74) is 7.17. The maximum absolute atomic E-state index is 12.4. The Kier molecular flexibility index (Phi) is 4.95. The van der Waals surface area contributed by atoms with Gasteiger partial charge in [-0.15, -0.1) is 0 Å². The molecule has 2 N–H and O–H groups in total. The number of anilines is 1. The van der Waals surface area contributed by atoms with Crippen LogP contribution in [0, 0.1) is 0 Å². The predicted octanol–water partition coefficient (Wildman–Crippen LogP) is 3.73. The van der Waals surface area contributed by atoms with Gasteiger partial charge < -0.3 is 15.4 Å². The Morgan fingerprint density at radius 1 is 1.04 bits per heavy atom. The summed E-state index contributed by atoms with van der Waals surface area (Å²) in [6, 6.07) is 20.5. The second-order valence-electron chi connectivity index (χ2n) is 5.69. The number of amides is 1. The number of para-hydroxylation sites is 1. The molecule has 2 aromatic carbocycles. The van der Waals surface area contributed by atoms with Gasteiger partial charge in [0.25, 0.3) is 5.91 Å². The number of carbonyl (C=O) groups excluding carboxylic acids is 1. The van der Waals surface area contributed by atoms with Crippen molar-refractivity contribution in [2.75, 3.05) is 12.8 Å². The minimum atomic E-state index is -0.0984. The molecule has 1 amide bonds. The Morgan fingerprint density at radius 3 is 2.40 bits per heavy atom. The number of nitrogen functional groups attached to an aromatic ring is 1. The van der Waals surface area contributed by atoms with Crippen LogP contribution in [0.2, 0.25) is 0 Å². The first-order valence-corrected chi connectivity index (χ1v) is 7.90. The average Bonchev–Trinajstić information content (AvgIpc) is 2.63. The molecule has 0 fully saturated rings. The fraction of sp³-hybridized carbons (Fsp3) is 0.100. The first-order valence-electron chi connectivity index (χ1n) is 7.90. The van der Waals surface area contributed by atoms with E-state index in [0.29, 0.717) is 17.9 Å². The molecule has 25 heavy (non-hydrogen) atoms. The molecule has 0 spiro atoms. The molecule has 1 aromatic heterocycles. The van der Waals surface area contributed by atoms with Crippen LogP contribution in [0.4, 0.5) is 5.82 Å². The Bertz CT molecular complexity index is 848. The Balaban J connectivity index is 1.63. The smallest absolute Gasteiger partial charge is 0.254 e. The van der Waals surface area contributed by atoms with E-state index in [9.17, 15) is 4.79 Å². The van der Waals surface area contributed by atoms with Crippen LogP contribution in [-0.2, 0) is 6.54 Å². The number of nitrogens with zero attached hydrogens (tertiary/aromatic N) is 2. The summed E-state index contributed by atoms with van der Waals surface area (Å²) in [6.07, 6.45) is 1.53. The van der Waals surface area contributed by atoms with Crippen molar-refractivity contribution in [3.63, 3.8) is 0 Å². The lowest BCUT2D eigenvalue weighted by Crippen LogP contribution is -2.26. The number of hydrogen-bond donors (Lipinski definition) is 1. The van der Waals surface area contributed by atoms with E-state index in [1.165, 1.54) is 6.20 Å². The molecule has 0 aliphatic heterocycles. The van der Waals surface area contributed by atoms with Gasteiger partial charge in [-0.2, -0.15) is 0 Å². The normalized spacial score (nSPS) is 10.3. The van der Waals surface area contributed by atoms with Crippen LogP contribution in [0.25, 0.3) is 0 Å². The van der Waals surface area contributed by atoms with Gasteiger partial charge in [0.05, 0.1) is 0 Å². The van der Waals surface area contributed by atoms with Crippen LogP contribution >= 0.6 is 0 Å². The van der Waals surface area contributed by atoms with E-state index in [1.807, 2.05) is 54.6 Å². The van der Waals surface area contributed by atoms with E-state index in [0.717, 1.165) is 17.1 Å². The van der Waals surface area contributed by atoms with Gasteiger partial charge >= 0.3 is 0 Å². The lowest BCUT2D eigenvalue weighted by atomic mass is 10.2. The Hall–Kier alpha value is -3.34. The summed E-state index contributed by atoms with van der Waals surface area (Å²) < 4.78 is 5.77. The van der Waals surface area contributed by atoms with E-state index in [1.54, 1.807) is 24.1 Å². The molecule has 0 aliphatic rings. The van der Waals surface area contributed by atoms with Gasteiger partial charge in [0.1, 0.15) is 17.3 Å². The molecule has 3 rings (SSSR count). The SMILES string of the molecule is CN(Cc1ccc(Oc2ccccc2)cc1)C(=O)c1ccnc(N)c1. The summed E-state index contributed by atoms with van der Waals surface area (Å²) in [4.78, 5) is 18.0. The first kappa shape index (κ1) is 16.5. The van der Waals surface area contributed by atoms with E-state index < -0.39 is 0 Å². The van der Waals surface area contributed by atoms with Gasteiger partial charge in [-0.1, -0.05) is 30.3 Å². The third-order valence-electron chi connectivity index (χ3n) is 3.70. The predicted molar refractivity (Wildman–Crippen MR) is 97.4 cm³/mol. The summed E-state index contributed by atoms with van der Waals surface area (Å²) in [6.45, 7) is 0.493. The number of carbonyl (C=O) groups is 1. The highest BCUT2D eigenvalue weighted by Crippen LogP contribution is 2.21. The standard InChI is InChI=1S/C20H19N3O2/c1-23(20(24)16-11-12-22-19(21)13-16)14-15-7-9-18(10-8-15)25-17-5-3-2-4-6-17/h2-13H,14H2,1H3,(H2,21,22). The molecular formula is C20H19N3O2. The highest BCUT2D eigenvalue weighted by molar-refractivity contribution is 5.94. The van der Waals surface area contributed by atoms with Crippen LogP contribution in [0.5, 0.6) is 11.5 Å². The summed E-state index contributed by atoms with van der Waals surface area (Å²) in [5.74, 6) is 1.78. The van der Waals surface area contributed by atoms with E-state index in [2.05, 4.69) is 4.98 Å². The fourth-order valence-electron chi connectivity index (χ4n) is 2.43. The number of ether oxygens (including phenoxy) is 1. The van der Waals surface area contributed by atoms with Crippen molar-refractivity contribution in [1.82, 2.24) is 9.88 Å². The molecule has 0 atom stereocenters. The minimum absolute atomic E-state index is 0.0984. The van der Waals surface area contributed by atoms with Crippen LogP contribution in [0.15, 0.2) is 72.9 Å². The van der Waals surface area contributed by atoms with Crippen molar-refractivity contribution in [1.29, 1.82) is 0 Å². The summed E-state index contributed by atoms with van der Waals surface area (Å²) in [7, 11) is 1.76. The fourth-order valence-corrected chi connectivity index (χ4v) is 2.43. The number of hydrogen-bond acceptors (Lipinski definition) is 4. The van der Waals surface area contributed by atoms with Crippen molar-refractivity contribution in [2.45, 2.75) is 6.54 Å². The molecule has 1 heterocycles. The molecule has 0 aliphatic carbocycles. The van der Waals surface area contributed by atoms with Crippen LogP contribution in [0.1, 0.15) is 15.9 Å². The number of rotatable bonds is 5. The average molecular weight is 333 g/mol. The lowest BCUT2D eigenvalue weighted by molar-refractivity contribution is 0.0785. The van der Waals surface area contributed by atoms with Gasteiger partial charge in [-0.3, -0.25) is 4.79 Å². The highest BCUT2D eigenvalue weighted by atomic mass is 16.5. The largest absolute Gasteiger partial charge is 0.457 e.